The van der Waals surface area contributed by atoms with Crippen molar-refractivity contribution < 1.29 is 0 Å². The minimum absolute atomic E-state index is 0.650. The maximum Gasteiger partial charge on any atom is 0.165 e. The maximum atomic E-state index is 5.21. The van der Waals surface area contributed by atoms with E-state index in [4.69, 9.17) is 15.0 Å². The second-order valence-corrected chi connectivity index (χ2v) is 13.5. The van der Waals surface area contributed by atoms with Crippen LogP contribution in [0.1, 0.15) is 0 Å². The number of hydrogen-bond acceptors (Lipinski definition) is 4. The van der Waals surface area contributed by atoms with Gasteiger partial charge in [-0.15, -0.1) is 11.3 Å². The van der Waals surface area contributed by atoms with Gasteiger partial charge in [0.15, 0.2) is 17.5 Å². The van der Waals surface area contributed by atoms with Crippen molar-refractivity contribution in [3.8, 4) is 51.0 Å². The predicted molar refractivity (Wildman–Crippen MR) is 209 cm³/mol. The minimum Gasteiger partial charge on any atom is -0.309 e. The zero-order chi connectivity index (χ0) is 33.0. The Kier molecular flexibility index (Phi) is 6.64. The van der Waals surface area contributed by atoms with Crippen LogP contribution in [0.25, 0.3) is 93.0 Å². The van der Waals surface area contributed by atoms with Crippen LogP contribution in [0.4, 0.5) is 0 Å². The molecule has 10 aromatic rings. The quantitative estimate of drug-likeness (QED) is 0.185. The summed E-state index contributed by atoms with van der Waals surface area (Å²) in [4.78, 5) is 15.4. The van der Waals surface area contributed by atoms with Crippen molar-refractivity contribution in [1.29, 1.82) is 0 Å². The average Bonchev–Trinajstić information content (AvgIpc) is 3.74. The zero-order valence-corrected chi connectivity index (χ0v) is 27.7. The van der Waals surface area contributed by atoms with E-state index in [1.54, 1.807) is 11.3 Å². The molecule has 10 rings (SSSR count). The third kappa shape index (κ3) is 4.71. The number of thiophene rings is 1. The molecule has 0 spiro atoms. The first-order chi connectivity index (χ1) is 24.8. The van der Waals surface area contributed by atoms with Crippen LogP contribution >= 0.6 is 11.3 Å². The Bertz CT molecular complexity index is 2750. The molecule has 0 radical (unpaired) electrons. The Morgan fingerprint density at radius 3 is 1.50 bits per heavy atom. The third-order valence-electron chi connectivity index (χ3n) is 9.44. The molecule has 3 heterocycles. The summed E-state index contributed by atoms with van der Waals surface area (Å²) in [5.41, 5.74) is 8.67. The smallest absolute Gasteiger partial charge is 0.165 e. The second-order valence-electron chi connectivity index (χ2n) is 12.5. The number of fused-ring (bicyclic) bond motifs is 6. The largest absolute Gasteiger partial charge is 0.309 e. The molecule has 0 aliphatic carbocycles. The fourth-order valence-electron chi connectivity index (χ4n) is 7.10. The Morgan fingerprint density at radius 2 is 0.900 bits per heavy atom. The summed E-state index contributed by atoms with van der Waals surface area (Å²) in [5.74, 6) is 1.95. The van der Waals surface area contributed by atoms with Gasteiger partial charge in [0.2, 0.25) is 0 Å². The van der Waals surface area contributed by atoms with Gasteiger partial charge in [-0.05, 0) is 47.5 Å². The average molecular weight is 657 g/mol. The predicted octanol–water partition coefficient (Wildman–Crippen LogP) is 12.0. The molecule has 0 unspecified atom stereocenters. The van der Waals surface area contributed by atoms with E-state index in [0.29, 0.717) is 17.5 Å². The van der Waals surface area contributed by atoms with Crippen molar-refractivity contribution in [2.75, 3.05) is 0 Å². The number of rotatable bonds is 5. The highest BCUT2D eigenvalue weighted by atomic mass is 32.1. The normalized spacial score (nSPS) is 11.6. The Labute approximate surface area is 292 Å². The van der Waals surface area contributed by atoms with Gasteiger partial charge in [0.1, 0.15) is 0 Å². The van der Waals surface area contributed by atoms with E-state index in [1.807, 2.05) is 36.4 Å². The number of nitrogens with zero attached hydrogens (tertiary/aromatic N) is 4. The summed E-state index contributed by atoms with van der Waals surface area (Å²) in [6.07, 6.45) is 0. The van der Waals surface area contributed by atoms with Gasteiger partial charge in [-0.3, -0.25) is 0 Å². The molecule has 0 aliphatic rings. The van der Waals surface area contributed by atoms with E-state index in [2.05, 4.69) is 138 Å². The van der Waals surface area contributed by atoms with Crippen LogP contribution in [0.15, 0.2) is 170 Å². The van der Waals surface area contributed by atoms with E-state index in [-0.39, 0.29) is 0 Å². The van der Waals surface area contributed by atoms with E-state index >= 15 is 0 Å². The van der Waals surface area contributed by atoms with Gasteiger partial charge >= 0.3 is 0 Å². The van der Waals surface area contributed by atoms with Crippen LogP contribution in [0.5, 0.6) is 0 Å². The van der Waals surface area contributed by atoms with Crippen molar-refractivity contribution in [3.05, 3.63) is 170 Å². The summed E-state index contributed by atoms with van der Waals surface area (Å²) in [5, 5.41) is 4.85. The maximum absolute atomic E-state index is 5.21. The summed E-state index contributed by atoms with van der Waals surface area (Å²) >= 11 is 1.79. The second kappa shape index (κ2) is 11.6. The van der Waals surface area contributed by atoms with Gasteiger partial charge < -0.3 is 4.57 Å². The molecule has 0 atom stereocenters. The lowest BCUT2D eigenvalue weighted by atomic mass is 10.0. The van der Waals surface area contributed by atoms with Gasteiger partial charge in [-0.1, -0.05) is 133 Å². The van der Waals surface area contributed by atoms with Crippen molar-refractivity contribution >= 4 is 53.3 Å². The molecule has 0 N–H and O–H groups in total. The summed E-state index contributed by atoms with van der Waals surface area (Å²) in [6, 6.07) is 59.7. The molecule has 5 heteroatoms. The molecule has 234 valence electrons. The van der Waals surface area contributed by atoms with Crippen LogP contribution in [0, 0.1) is 0 Å². The first-order valence-corrected chi connectivity index (χ1v) is 17.5. The standard InChI is InChI=1S/C45H28N4S/c1-4-14-29(15-5-1)32-24-25-41-36(26-32)37-27-33(49-39-22-12-10-20-34(39)35-21-11-13-23-40(35)49)28-38(42(37)50-41)45-47-43(30-16-6-2-7-17-30)46-44(48-45)31-18-8-3-9-19-31/h1-28H. The fraction of sp³-hybridized carbons (Fsp3) is 0. The summed E-state index contributed by atoms with van der Waals surface area (Å²) in [7, 11) is 0. The first-order valence-electron chi connectivity index (χ1n) is 16.7. The van der Waals surface area contributed by atoms with Crippen molar-refractivity contribution in [2.45, 2.75) is 0 Å². The molecule has 4 nitrogen and oxygen atoms in total. The molecular formula is C45H28N4S. The number of aromatic nitrogens is 4. The first kappa shape index (κ1) is 28.6. The molecular weight excluding hydrogens is 629 g/mol. The van der Waals surface area contributed by atoms with Gasteiger partial charge in [0, 0.05) is 53.3 Å². The fourth-order valence-corrected chi connectivity index (χ4v) is 8.27. The highest BCUT2D eigenvalue weighted by molar-refractivity contribution is 7.26. The van der Waals surface area contributed by atoms with E-state index in [1.165, 1.54) is 37.4 Å². The van der Waals surface area contributed by atoms with Crippen molar-refractivity contribution in [1.82, 2.24) is 19.5 Å². The van der Waals surface area contributed by atoms with Crippen LogP contribution < -0.4 is 0 Å². The van der Waals surface area contributed by atoms with Crippen LogP contribution in [0.2, 0.25) is 0 Å². The third-order valence-corrected chi connectivity index (χ3v) is 10.7. The number of hydrogen-bond donors (Lipinski definition) is 0. The lowest BCUT2D eigenvalue weighted by Gasteiger charge is -2.13. The molecule has 7 aromatic carbocycles. The highest BCUT2D eigenvalue weighted by Gasteiger charge is 2.20. The molecule has 0 fully saturated rings. The van der Waals surface area contributed by atoms with Crippen LogP contribution in [-0.4, -0.2) is 19.5 Å². The van der Waals surface area contributed by atoms with Gasteiger partial charge in [-0.2, -0.15) is 0 Å². The van der Waals surface area contributed by atoms with Crippen LogP contribution in [0.3, 0.4) is 0 Å². The van der Waals surface area contributed by atoms with E-state index < -0.39 is 0 Å². The lowest BCUT2D eigenvalue weighted by Crippen LogP contribution is -2.01. The Balaban J connectivity index is 1.31. The molecule has 0 saturated heterocycles. The summed E-state index contributed by atoms with van der Waals surface area (Å²) in [6.45, 7) is 0. The molecule has 50 heavy (non-hydrogen) atoms. The molecule has 0 bridgehead atoms. The van der Waals surface area contributed by atoms with Gasteiger partial charge in [0.25, 0.3) is 0 Å². The Morgan fingerprint density at radius 1 is 0.380 bits per heavy atom. The molecule has 0 saturated carbocycles. The van der Waals surface area contributed by atoms with E-state index in [0.717, 1.165) is 38.1 Å². The molecule has 0 aliphatic heterocycles. The Hall–Kier alpha value is -6.43. The van der Waals surface area contributed by atoms with Crippen LogP contribution in [-0.2, 0) is 0 Å². The number of para-hydroxylation sites is 2. The highest BCUT2D eigenvalue weighted by Crippen LogP contribution is 2.44. The monoisotopic (exact) mass is 656 g/mol. The van der Waals surface area contributed by atoms with Crippen molar-refractivity contribution in [2.24, 2.45) is 0 Å². The molecule has 3 aromatic heterocycles. The van der Waals surface area contributed by atoms with Gasteiger partial charge in [-0.25, -0.2) is 15.0 Å². The lowest BCUT2D eigenvalue weighted by molar-refractivity contribution is 1.07. The zero-order valence-electron chi connectivity index (χ0n) is 26.9. The van der Waals surface area contributed by atoms with Gasteiger partial charge in [0.05, 0.1) is 11.0 Å². The summed E-state index contributed by atoms with van der Waals surface area (Å²) < 4.78 is 4.76. The van der Waals surface area contributed by atoms with E-state index in [9.17, 15) is 0 Å². The molecule has 0 amide bonds. The SMILES string of the molecule is c1ccc(-c2ccc3sc4c(-c5nc(-c6ccccc6)nc(-c6ccccc6)n5)cc(-n5c6ccccc6c6ccccc65)cc4c3c2)cc1. The number of benzene rings is 7. The van der Waals surface area contributed by atoms with Crippen molar-refractivity contribution in [3.63, 3.8) is 0 Å². The minimum atomic E-state index is 0.650. The topological polar surface area (TPSA) is 43.6 Å².